The molecule has 8 nitrogen and oxygen atoms in total. The summed E-state index contributed by atoms with van der Waals surface area (Å²) in [5.41, 5.74) is -5.26. The highest BCUT2D eigenvalue weighted by atomic mass is 19.1. The average Bonchev–Trinajstić information content (AvgIpc) is 2.53. The van der Waals surface area contributed by atoms with Crippen LogP contribution in [0.3, 0.4) is 0 Å². The molecule has 0 aliphatic heterocycles. The van der Waals surface area contributed by atoms with Gasteiger partial charge in [0.2, 0.25) is 11.6 Å². The third kappa shape index (κ3) is 2.91. The van der Waals surface area contributed by atoms with Gasteiger partial charge in [0.05, 0.1) is 29.6 Å². The van der Waals surface area contributed by atoms with E-state index in [4.69, 9.17) is 9.47 Å². The molecule has 0 radical (unpaired) electrons. The van der Waals surface area contributed by atoms with Crippen LogP contribution < -0.4 is 9.47 Å². The molecule has 0 saturated carbocycles. The molecule has 0 spiro atoms. The van der Waals surface area contributed by atoms with Gasteiger partial charge in [-0.3, -0.25) is 20.2 Å². The second kappa shape index (κ2) is 6.63. The first-order chi connectivity index (χ1) is 11.7. The predicted octanol–water partition coefficient (Wildman–Crippen LogP) is 3.60. The number of methoxy groups -OCH3 is 2. The minimum Gasteiger partial charge on any atom is -0.497 e. The monoisotopic (exact) mass is 358 g/mol. The van der Waals surface area contributed by atoms with Crippen LogP contribution >= 0.6 is 0 Å². The average molecular weight is 358 g/mol. The van der Waals surface area contributed by atoms with Crippen molar-refractivity contribution in [3.8, 4) is 22.6 Å². The third-order valence-electron chi connectivity index (χ3n) is 3.31. The number of rotatable bonds is 5. The van der Waals surface area contributed by atoms with Gasteiger partial charge in [0.25, 0.3) is 5.82 Å². The van der Waals surface area contributed by atoms with E-state index in [-0.39, 0.29) is 11.5 Å². The van der Waals surface area contributed by atoms with Gasteiger partial charge in [0, 0.05) is 5.56 Å². The molecule has 0 amide bonds. The first kappa shape index (κ1) is 18.0. The van der Waals surface area contributed by atoms with Crippen LogP contribution in [0.25, 0.3) is 11.1 Å². The number of benzene rings is 2. The maximum Gasteiger partial charge on any atom is 0.348 e. The van der Waals surface area contributed by atoms with Gasteiger partial charge >= 0.3 is 11.4 Å². The van der Waals surface area contributed by atoms with Crippen molar-refractivity contribution in [2.24, 2.45) is 0 Å². The molecule has 25 heavy (non-hydrogen) atoms. The summed E-state index contributed by atoms with van der Waals surface area (Å²) in [6.07, 6.45) is 0. The normalized spacial score (nSPS) is 10.4. The molecule has 0 N–H and O–H groups in total. The lowest BCUT2D eigenvalue weighted by Gasteiger charge is -2.12. The fourth-order valence-corrected chi connectivity index (χ4v) is 2.20. The number of halogens is 3. The molecule has 2 aromatic rings. The van der Waals surface area contributed by atoms with Gasteiger partial charge in [0.1, 0.15) is 11.5 Å². The fourth-order valence-electron chi connectivity index (χ4n) is 2.20. The van der Waals surface area contributed by atoms with Crippen molar-refractivity contribution in [1.29, 1.82) is 0 Å². The van der Waals surface area contributed by atoms with E-state index < -0.39 is 49.8 Å². The van der Waals surface area contributed by atoms with Crippen LogP contribution in [0, 0.1) is 37.7 Å². The maximum atomic E-state index is 14.5. The van der Waals surface area contributed by atoms with Gasteiger partial charge in [-0.2, -0.15) is 13.2 Å². The summed E-state index contributed by atoms with van der Waals surface area (Å²) in [6, 6.07) is 3.64. The summed E-state index contributed by atoms with van der Waals surface area (Å²) >= 11 is 0. The number of nitro groups is 2. The molecular formula is C14H9F3N2O6. The molecule has 0 heterocycles. The zero-order chi connectivity index (χ0) is 18.9. The van der Waals surface area contributed by atoms with Gasteiger partial charge in [-0.1, -0.05) is 0 Å². The van der Waals surface area contributed by atoms with Crippen molar-refractivity contribution in [2.45, 2.75) is 0 Å². The summed E-state index contributed by atoms with van der Waals surface area (Å²) in [5.74, 6) is -6.09. The van der Waals surface area contributed by atoms with E-state index in [9.17, 15) is 33.4 Å². The molecule has 132 valence electrons. The Morgan fingerprint density at radius 3 is 1.80 bits per heavy atom. The molecule has 0 aliphatic carbocycles. The summed E-state index contributed by atoms with van der Waals surface area (Å²) in [7, 11) is 2.39. The quantitative estimate of drug-likeness (QED) is 0.597. The van der Waals surface area contributed by atoms with Gasteiger partial charge in [-0.25, -0.2) is 0 Å². The van der Waals surface area contributed by atoms with E-state index in [1.54, 1.807) is 0 Å². The number of nitrogens with zero attached hydrogens (tertiary/aromatic N) is 2. The zero-order valence-corrected chi connectivity index (χ0v) is 12.7. The van der Waals surface area contributed by atoms with Crippen LogP contribution in [-0.4, -0.2) is 24.1 Å². The number of hydrogen-bond donors (Lipinski definition) is 0. The number of nitro benzene ring substituents is 2. The molecule has 2 aromatic carbocycles. The van der Waals surface area contributed by atoms with E-state index in [1.165, 1.54) is 19.2 Å². The molecule has 0 saturated heterocycles. The smallest absolute Gasteiger partial charge is 0.348 e. The molecular weight excluding hydrogens is 349 g/mol. The Kier molecular flexibility index (Phi) is 4.77. The SMILES string of the molecule is COc1ccc(OC)c(-c2c(F)c([N+](=O)[O-])c(F)c([N+](=O)[O-])c2F)c1. The van der Waals surface area contributed by atoms with Crippen molar-refractivity contribution >= 4 is 11.4 Å². The van der Waals surface area contributed by atoms with Crippen molar-refractivity contribution in [3.05, 3.63) is 55.9 Å². The molecule has 0 unspecified atom stereocenters. The summed E-state index contributed by atoms with van der Waals surface area (Å²) in [6.45, 7) is 0. The lowest BCUT2D eigenvalue weighted by molar-refractivity contribution is -0.402. The van der Waals surface area contributed by atoms with Crippen molar-refractivity contribution < 1.29 is 32.5 Å². The molecule has 0 aliphatic rings. The molecule has 11 heteroatoms. The lowest BCUT2D eigenvalue weighted by Crippen LogP contribution is -2.07. The molecule has 0 atom stereocenters. The standard InChI is InChI=1S/C14H9F3N2O6/c1-24-6-3-4-8(25-2)7(5-6)9-10(15)13(18(20)21)12(17)14(11(9)16)19(22)23/h3-5H,1-2H3. The Morgan fingerprint density at radius 1 is 0.880 bits per heavy atom. The predicted molar refractivity (Wildman–Crippen MR) is 78.2 cm³/mol. The molecule has 0 bridgehead atoms. The van der Waals surface area contributed by atoms with Crippen LogP contribution in [-0.2, 0) is 0 Å². The summed E-state index contributed by atoms with van der Waals surface area (Å²) in [5, 5.41) is 21.8. The zero-order valence-electron chi connectivity index (χ0n) is 12.7. The van der Waals surface area contributed by atoms with Crippen molar-refractivity contribution in [2.75, 3.05) is 14.2 Å². The van der Waals surface area contributed by atoms with Gasteiger partial charge in [-0.05, 0) is 18.2 Å². The lowest BCUT2D eigenvalue weighted by atomic mass is 10.0. The second-order valence-corrected chi connectivity index (χ2v) is 4.59. The highest BCUT2D eigenvalue weighted by Crippen LogP contribution is 2.44. The van der Waals surface area contributed by atoms with E-state index >= 15 is 0 Å². The van der Waals surface area contributed by atoms with Crippen LogP contribution in [0.15, 0.2) is 18.2 Å². The minimum atomic E-state index is -2.21. The first-order valence-electron chi connectivity index (χ1n) is 6.46. The molecule has 0 aromatic heterocycles. The first-order valence-corrected chi connectivity index (χ1v) is 6.46. The van der Waals surface area contributed by atoms with Crippen LogP contribution in [0.5, 0.6) is 11.5 Å². The van der Waals surface area contributed by atoms with E-state index in [0.717, 1.165) is 13.2 Å². The number of ether oxygens (including phenoxy) is 2. The molecule has 2 rings (SSSR count). The molecule has 0 fully saturated rings. The van der Waals surface area contributed by atoms with Crippen LogP contribution in [0.4, 0.5) is 24.5 Å². The second-order valence-electron chi connectivity index (χ2n) is 4.59. The van der Waals surface area contributed by atoms with Gasteiger partial charge in [0.15, 0.2) is 0 Å². The van der Waals surface area contributed by atoms with Crippen molar-refractivity contribution in [1.82, 2.24) is 0 Å². The minimum absolute atomic E-state index is 0.0873. The van der Waals surface area contributed by atoms with E-state index in [1.807, 2.05) is 0 Å². The highest BCUT2D eigenvalue weighted by Gasteiger charge is 2.39. The fraction of sp³-hybridized carbons (Fsp3) is 0.143. The van der Waals surface area contributed by atoms with Crippen molar-refractivity contribution in [3.63, 3.8) is 0 Å². The van der Waals surface area contributed by atoms with E-state index in [0.29, 0.717) is 0 Å². The van der Waals surface area contributed by atoms with Gasteiger partial charge in [-0.15, -0.1) is 0 Å². The Balaban J connectivity index is 3.01. The Bertz CT molecular complexity index is 846. The maximum absolute atomic E-state index is 14.5. The number of hydrogen-bond acceptors (Lipinski definition) is 6. The topological polar surface area (TPSA) is 105 Å². The Hall–Kier alpha value is -3.37. The Labute approximate surface area is 137 Å². The summed E-state index contributed by atoms with van der Waals surface area (Å²) in [4.78, 5) is 18.8. The Morgan fingerprint density at radius 2 is 1.40 bits per heavy atom. The summed E-state index contributed by atoms with van der Waals surface area (Å²) < 4.78 is 52.7. The third-order valence-corrected chi connectivity index (χ3v) is 3.31. The van der Waals surface area contributed by atoms with E-state index in [2.05, 4.69) is 0 Å². The largest absolute Gasteiger partial charge is 0.497 e. The van der Waals surface area contributed by atoms with Gasteiger partial charge < -0.3 is 9.47 Å². The van der Waals surface area contributed by atoms with Crippen LogP contribution in [0.1, 0.15) is 0 Å². The van der Waals surface area contributed by atoms with Crippen LogP contribution in [0.2, 0.25) is 0 Å². The highest BCUT2D eigenvalue weighted by molar-refractivity contribution is 5.77.